The molecule has 0 aromatic rings. The Morgan fingerprint density at radius 3 is 2.00 bits per heavy atom. The number of hydrogen-bond donors (Lipinski definition) is 0. The van der Waals surface area contributed by atoms with Crippen LogP contribution in [0.1, 0.15) is 51.4 Å². The molecule has 0 radical (unpaired) electrons. The Morgan fingerprint density at radius 1 is 0.923 bits per heavy atom. The maximum Gasteiger partial charge on any atom is 0.120 e. The van der Waals surface area contributed by atoms with Crippen LogP contribution in [0.5, 0.6) is 0 Å². The Hall–Kier alpha value is -0.810. The van der Waals surface area contributed by atoms with Gasteiger partial charge in [-0.25, -0.2) is 4.79 Å². The van der Waals surface area contributed by atoms with E-state index in [4.69, 9.17) is 0 Å². The zero-order chi connectivity index (χ0) is 9.78. The van der Waals surface area contributed by atoms with Gasteiger partial charge in [0.1, 0.15) is 5.94 Å². The lowest BCUT2D eigenvalue weighted by Crippen LogP contribution is -1.79. The van der Waals surface area contributed by atoms with E-state index < -0.39 is 0 Å². The molecule has 74 valence electrons. The highest BCUT2D eigenvalue weighted by Gasteiger charge is 1.89. The zero-order valence-electron chi connectivity index (χ0n) is 8.43. The van der Waals surface area contributed by atoms with Gasteiger partial charge in [0, 0.05) is 0 Å². The first-order valence-electron chi connectivity index (χ1n) is 5.22. The van der Waals surface area contributed by atoms with Gasteiger partial charge >= 0.3 is 0 Å². The minimum absolute atomic E-state index is 0.899. The molecule has 0 aliphatic carbocycles. The summed E-state index contributed by atoms with van der Waals surface area (Å²) < 4.78 is 0. The molecule has 0 N–H and O–H groups in total. The molecule has 0 aliphatic heterocycles. The predicted octanol–water partition coefficient (Wildman–Crippen LogP) is 3.68. The third kappa shape index (κ3) is 11.2. The summed E-state index contributed by atoms with van der Waals surface area (Å²) in [5.41, 5.74) is 0. The standard InChI is InChI=1S/C12H20O/c1-2-3-4-5-6-7-8-9-10-11-12-13/h2,11H,1,3-10H2. The van der Waals surface area contributed by atoms with Crippen molar-refractivity contribution in [3.8, 4) is 0 Å². The quantitative estimate of drug-likeness (QED) is 0.300. The summed E-state index contributed by atoms with van der Waals surface area (Å²) in [6.07, 6.45) is 13.2. The van der Waals surface area contributed by atoms with E-state index in [0.717, 1.165) is 19.3 Å². The molecule has 0 rings (SSSR count). The average Bonchev–Trinajstić information content (AvgIpc) is 2.16. The highest BCUT2D eigenvalue weighted by atomic mass is 16.1. The molecule has 0 fully saturated rings. The van der Waals surface area contributed by atoms with E-state index in [1.54, 1.807) is 12.0 Å². The lowest BCUT2D eigenvalue weighted by Gasteiger charge is -1.98. The van der Waals surface area contributed by atoms with Gasteiger partial charge in [0.05, 0.1) is 0 Å². The highest BCUT2D eigenvalue weighted by Crippen LogP contribution is 2.08. The van der Waals surface area contributed by atoms with Gasteiger partial charge in [-0.05, 0) is 31.8 Å². The van der Waals surface area contributed by atoms with E-state index in [1.807, 2.05) is 6.08 Å². The van der Waals surface area contributed by atoms with E-state index in [-0.39, 0.29) is 0 Å². The summed E-state index contributed by atoms with van der Waals surface area (Å²) in [5.74, 6) is 1.80. The second-order valence-electron chi connectivity index (χ2n) is 3.31. The lowest BCUT2D eigenvalue weighted by atomic mass is 10.1. The molecule has 0 heterocycles. The molecule has 0 amide bonds. The molecule has 0 spiro atoms. The molecule has 0 aromatic heterocycles. The van der Waals surface area contributed by atoms with Crippen LogP contribution >= 0.6 is 0 Å². The van der Waals surface area contributed by atoms with E-state index in [2.05, 4.69) is 6.58 Å². The SMILES string of the molecule is C=CCCCCCCCCC=C=O. The molecular weight excluding hydrogens is 160 g/mol. The van der Waals surface area contributed by atoms with E-state index in [0.29, 0.717) is 0 Å². The maximum absolute atomic E-state index is 9.82. The Balaban J connectivity index is 2.90. The van der Waals surface area contributed by atoms with Crippen LogP contribution in [0.15, 0.2) is 18.7 Å². The minimum Gasteiger partial charge on any atom is -0.234 e. The average molecular weight is 180 g/mol. The second-order valence-corrected chi connectivity index (χ2v) is 3.31. The van der Waals surface area contributed by atoms with E-state index in [9.17, 15) is 4.79 Å². The van der Waals surface area contributed by atoms with E-state index in [1.165, 1.54) is 32.1 Å². The molecule has 0 saturated heterocycles. The highest BCUT2D eigenvalue weighted by molar-refractivity contribution is 5.44. The molecule has 13 heavy (non-hydrogen) atoms. The van der Waals surface area contributed by atoms with Gasteiger partial charge in [0.15, 0.2) is 0 Å². The van der Waals surface area contributed by atoms with Gasteiger partial charge < -0.3 is 0 Å². The Morgan fingerprint density at radius 2 is 1.46 bits per heavy atom. The Bertz CT molecular complexity index is 155. The van der Waals surface area contributed by atoms with Crippen LogP contribution in [-0.2, 0) is 4.79 Å². The molecule has 0 atom stereocenters. The van der Waals surface area contributed by atoms with Gasteiger partial charge in [0.25, 0.3) is 0 Å². The summed E-state index contributed by atoms with van der Waals surface area (Å²) in [5, 5.41) is 0. The Labute approximate surface area is 81.5 Å². The summed E-state index contributed by atoms with van der Waals surface area (Å²) in [7, 11) is 0. The van der Waals surface area contributed by atoms with Crippen molar-refractivity contribution in [1.82, 2.24) is 0 Å². The van der Waals surface area contributed by atoms with Crippen LogP contribution in [0.2, 0.25) is 0 Å². The first-order valence-corrected chi connectivity index (χ1v) is 5.22. The van der Waals surface area contributed by atoms with E-state index >= 15 is 0 Å². The number of allylic oxidation sites excluding steroid dienone is 2. The largest absolute Gasteiger partial charge is 0.234 e. The van der Waals surface area contributed by atoms with Gasteiger partial charge in [0.2, 0.25) is 0 Å². The molecule has 0 aromatic carbocycles. The predicted molar refractivity (Wildman–Crippen MR) is 57.4 cm³/mol. The molecule has 0 bridgehead atoms. The second kappa shape index (κ2) is 11.2. The van der Waals surface area contributed by atoms with Gasteiger partial charge in [-0.3, -0.25) is 0 Å². The molecule has 0 saturated carbocycles. The number of hydrogen-bond acceptors (Lipinski definition) is 1. The first kappa shape index (κ1) is 12.2. The fraction of sp³-hybridized carbons (Fsp3) is 0.667. The van der Waals surface area contributed by atoms with Crippen molar-refractivity contribution in [3.05, 3.63) is 18.7 Å². The van der Waals surface area contributed by atoms with Crippen molar-refractivity contribution in [2.45, 2.75) is 51.4 Å². The van der Waals surface area contributed by atoms with Crippen molar-refractivity contribution < 1.29 is 4.79 Å². The summed E-state index contributed by atoms with van der Waals surface area (Å²) in [6, 6.07) is 0. The fourth-order valence-corrected chi connectivity index (χ4v) is 1.30. The number of unbranched alkanes of at least 4 members (excludes halogenated alkanes) is 7. The van der Waals surface area contributed by atoms with Crippen LogP contribution < -0.4 is 0 Å². The smallest absolute Gasteiger partial charge is 0.120 e. The van der Waals surface area contributed by atoms with Crippen LogP contribution in [-0.4, -0.2) is 5.94 Å². The number of carbonyl (C=O) groups excluding carboxylic acids is 1. The molecular formula is C12H20O. The van der Waals surface area contributed by atoms with Crippen molar-refractivity contribution in [2.24, 2.45) is 0 Å². The van der Waals surface area contributed by atoms with Crippen molar-refractivity contribution in [3.63, 3.8) is 0 Å². The van der Waals surface area contributed by atoms with Gasteiger partial charge in [-0.15, -0.1) is 6.58 Å². The molecule has 0 aliphatic rings. The third-order valence-electron chi connectivity index (χ3n) is 2.09. The van der Waals surface area contributed by atoms with Crippen LogP contribution in [0.4, 0.5) is 0 Å². The maximum atomic E-state index is 9.82. The number of rotatable bonds is 9. The van der Waals surface area contributed by atoms with Crippen LogP contribution in [0, 0.1) is 0 Å². The summed E-state index contributed by atoms with van der Waals surface area (Å²) in [4.78, 5) is 9.82. The Kier molecular flexibility index (Phi) is 10.5. The van der Waals surface area contributed by atoms with Crippen LogP contribution in [0.3, 0.4) is 0 Å². The van der Waals surface area contributed by atoms with Crippen molar-refractivity contribution >= 4 is 5.94 Å². The first-order chi connectivity index (χ1) is 6.41. The topological polar surface area (TPSA) is 17.1 Å². The minimum atomic E-state index is 0.899. The molecule has 0 unspecified atom stereocenters. The van der Waals surface area contributed by atoms with Gasteiger partial charge in [-0.2, -0.15) is 0 Å². The van der Waals surface area contributed by atoms with Crippen LogP contribution in [0.25, 0.3) is 0 Å². The third-order valence-corrected chi connectivity index (χ3v) is 2.09. The monoisotopic (exact) mass is 180 g/mol. The van der Waals surface area contributed by atoms with Gasteiger partial charge in [-0.1, -0.05) is 31.8 Å². The zero-order valence-corrected chi connectivity index (χ0v) is 8.43. The fourth-order valence-electron chi connectivity index (χ4n) is 1.30. The normalized spacial score (nSPS) is 9.23. The summed E-state index contributed by atoms with van der Waals surface area (Å²) >= 11 is 0. The van der Waals surface area contributed by atoms with Crippen molar-refractivity contribution in [1.29, 1.82) is 0 Å². The summed E-state index contributed by atoms with van der Waals surface area (Å²) in [6.45, 7) is 3.69. The van der Waals surface area contributed by atoms with Crippen molar-refractivity contribution in [2.75, 3.05) is 0 Å². The lowest BCUT2D eigenvalue weighted by molar-refractivity contribution is 0.566. The molecule has 1 nitrogen and oxygen atoms in total. The molecule has 1 heteroatoms.